The smallest absolute Gasteiger partial charge is 0.191 e. The number of ether oxygens (including phenoxy) is 1. The van der Waals surface area contributed by atoms with Crippen molar-refractivity contribution in [3.05, 3.63) is 47.5 Å². The molecule has 9 heteroatoms. The Morgan fingerprint density at radius 2 is 1.90 bits per heavy atom. The molecular weight excluding hydrogens is 493 g/mol. The molecule has 166 valence electrons. The highest BCUT2D eigenvalue weighted by molar-refractivity contribution is 14.0. The lowest BCUT2D eigenvalue weighted by atomic mass is 10.1. The molecule has 0 saturated carbocycles. The first-order valence-electron chi connectivity index (χ1n) is 10.6. The Hall–Kier alpha value is -1.72. The number of guanidine groups is 1. The van der Waals surface area contributed by atoms with Crippen molar-refractivity contribution in [3.63, 3.8) is 0 Å². The minimum absolute atomic E-state index is 0. The Balaban J connectivity index is 0.00000320. The van der Waals surface area contributed by atoms with Gasteiger partial charge in [-0.05, 0) is 18.1 Å². The fourth-order valence-corrected chi connectivity index (χ4v) is 3.41. The highest BCUT2D eigenvalue weighted by Crippen LogP contribution is 2.14. The molecule has 1 aromatic heterocycles. The molecule has 0 unspecified atom stereocenters. The number of morpholine rings is 1. The average Bonchev–Trinajstić information content (AvgIpc) is 3.21. The number of hydrogen-bond acceptors (Lipinski definition) is 5. The van der Waals surface area contributed by atoms with Crippen LogP contribution < -0.4 is 10.6 Å². The first-order chi connectivity index (χ1) is 14.3. The third-order valence-corrected chi connectivity index (χ3v) is 5.02. The van der Waals surface area contributed by atoms with Crippen LogP contribution >= 0.6 is 24.0 Å². The van der Waals surface area contributed by atoms with Crippen LogP contribution in [0.15, 0.2) is 35.6 Å². The van der Waals surface area contributed by atoms with Crippen LogP contribution in [0.3, 0.4) is 0 Å². The van der Waals surface area contributed by atoms with Gasteiger partial charge in [-0.1, -0.05) is 31.2 Å². The minimum atomic E-state index is 0. The number of nitrogens with zero attached hydrogens (tertiary/aromatic N) is 5. The lowest BCUT2D eigenvalue weighted by molar-refractivity contribution is 0.0341. The van der Waals surface area contributed by atoms with E-state index in [9.17, 15) is 0 Å². The van der Waals surface area contributed by atoms with Gasteiger partial charge in [0.05, 0.1) is 19.8 Å². The second-order valence-electron chi connectivity index (χ2n) is 7.07. The number of benzene rings is 1. The molecular formula is C21H34IN7O. The number of aliphatic imine (C=N–C) groups is 1. The Morgan fingerprint density at radius 1 is 1.13 bits per heavy atom. The van der Waals surface area contributed by atoms with Gasteiger partial charge in [-0.3, -0.25) is 4.90 Å². The van der Waals surface area contributed by atoms with Gasteiger partial charge in [0.25, 0.3) is 0 Å². The molecule has 2 N–H and O–H groups in total. The van der Waals surface area contributed by atoms with E-state index in [-0.39, 0.29) is 24.0 Å². The number of hydrogen-bond donors (Lipinski definition) is 2. The molecule has 2 heterocycles. The highest BCUT2D eigenvalue weighted by atomic mass is 127. The van der Waals surface area contributed by atoms with Gasteiger partial charge >= 0.3 is 0 Å². The van der Waals surface area contributed by atoms with Gasteiger partial charge in [0, 0.05) is 45.7 Å². The van der Waals surface area contributed by atoms with E-state index in [1.54, 1.807) is 6.33 Å². The van der Waals surface area contributed by atoms with E-state index in [4.69, 9.17) is 9.73 Å². The van der Waals surface area contributed by atoms with E-state index in [1.165, 1.54) is 11.1 Å². The maximum absolute atomic E-state index is 5.46. The Kier molecular flexibility index (Phi) is 11.1. The third kappa shape index (κ3) is 7.51. The Bertz CT molecular complexity index is 774. The summed E-state index contributed by atoms with van der Waals surface area (Å²) in [4.78, 5) is 7.25. The van der Waals surface area contributed by atoms with Gasteiger partial charge in [-0.25, -0.2) is 4.99 Å². The van der Waals surface area contributed by atoms with Gasteiger partial charge in [0.1, 0.15) is 12.2 Å². The number of aryl methyl sites for hydroxylation is 1. The number of halogens is 1. The molecule has 1 fully saturated rings. The molecule has 0 atom stereocenters. The van der Waals surface area contributed by atoms with Crippen LogP contribution in [0.25, 0.3) is 0 Å². The van der Waals surface area contributed by atoms with E-state index in [0.29, 0.717) is 6.54 Å². The summed E-state index contributed by atoms with van der Waals surface area (Å²) in [5.41, 5.74) is 2.61. The molecule has 0 bridgehead atoms. The quantitative estimate of drug-likeness (QED) is 0.295. The monoisotopic (exact) mass is 527 g/mol. The standard InChI is InChI=1S/C21H33N7O.HI/c1-3-20-26-25-17-28(20)10-9-23-21(22-4-2)24-15-18-7-5-6-8-19(18)16-27-11-13-29-14-12-27;/h5-8,17H,3-4,9-16H2,1-2H3,(H2,22,23,24);1H. The molecule has 0 aliphatic carbocycles. The van der Waals surface area contributed by atoms with Crippen LogP contribution in [0.4, 0.5) is 0 Å². The lowest BCUT2D eigenvalue weighted by Crippen LogP contribution is -2.39. The zero-order valence-corrected chi connectivity index (χ0v) is 20.3. The van der Waals surface area contributed by atoms with Crippen LogP contribution in [0.2, 0.25) is 0 Å². The van der Waals surface area contributed by atoms with Gasteiger partial charge in [-0.2, -0.15) is 0 Å². The van der Waals surface area contributed by atoms with Crippen LogP contribution in [0, 0.1) is 0 Å². The molecule has 1 aromatic carbocycles. The number of aromatic nitrogens is 3. The molecule has 0 radical (unpaired) electrons. The summed E-state index contributed by atoms with van der Waals surface area (Å²) in [7, 11) is 0. The molecule has 1 aliphatic rings. The Morgan fingerprint density at radius 3 is 2.63 bits per heavy atom. The summed E-state index contributed by atoms with van der Waals surface area (Å²) >= 11 is 0. The third-order valence-electron chi connectivity index (χ3n) is 5.02. The molecule has 3 rings (SSSR count). The van der Waals surface area contributed by atoms with Crippen molar-refractivity contribution in [1.29, 1.82) is 0 Å². The topological polar surface area (TPSA) is 79.6 Å². The SMILES string of the molecule is CCNC(=NCc1ccccc1CN1CCOCC1)NCCn1cnnc1CC.I. The maximum Gasteiger partial charge on any atom is 0.191 e. The van der Waals surface area contributed by atoms with E-state index < -0.39 is 0 Å². The lowest BCUT2D eigenvalue weighted by Gasteiger charge is -2.27. The first-order valence-corrected chi connectivity index (χ1v) is 10.6. The van der Waals surface area contributed by atoms with Gasteiger partial charge in [0.15, 0.2) is 5.96 Å². The first kappa shape index (κ1) is 24.5. The molecule has 30 heavy (non-hydrogen) atoms. The summed E-state index contributed by atoms with van der Waals surface area (Å²) in [6, 6.07) is 8.58. The van der Waals surface area contributed by atoms with Crippen molar-refractivity contribution >= 4 is 29.9 Å². The van der Waals surface area contributed by atoms with Crippen LogP contribution in [0.1, 0.15) is 30.8 Å². The zero-order chi connectivity index (χ0) is 20.3. The van der Waals surface area contributed by atoms with Crippen LogP contribution in [-0.2, 0) is 30.8 Å². The number of rotatable bonds is 9. The summed E-state index contributed by atoms with van der Waals surface area (Å²) in [6.45, 7) is 11.8. The minimum Gasteiger partial charge on any atom is -0.379 e. The van der Waals surface area contributed by atoms with E-state index >= 15 is 0 Å². The van der Waals surface area contributed by atoms with Gasteiger partial charge in [0.2, 0.25) is 0 Å². The van der Waals surface area contributed by atoms with Crippen molar-refractivity contribution in [3.8, 4) is 0 Å². The van der Waals surface area contributed by atoms with E-state index in [0.717, 1.165) is 70.7 Å². The summed E-state index contributed by atoms with van der Waals surface area (Å²) in [5, 5.41) is 14.9. The van der Waals surface area contributed by atoms with Gasteiger partial charge < -0.3 is 19.9 Å². The van der Waals surface area contributed by atoms with Crippen LogP contribution in [-0.4, -0.2) is 65.0 Å². The molecule has 1 saturated heterocycles. The summed E-state index contributed by atoms with van der Waals surface area (Å²) in [6.07, 6.45) is 2.67. The highest BCUT2D eigenvalue weighted by Gasteiger charge is 2.12. The predicted molar refractivity (Wildman–Crippen MR) is 130 cm³/mol. The summed E-state index contributed by atoms with van der Waals surface area (Å²) in [5.74, 6) is 1.84. The van der Waals surface area contributed by atoms with Crippen molar-refractivity contribution in [2.75, 3.05) is 39.4 Å². The second-order valence-corrected chi connectivity index (χ2v) is 7.07. The van der Waals surface area contributed by atoms with Crippen LogP contribution in [0.5, 0.6) is 0 Å². The maximum atomic E-state index is 5.46. The van der Waals surface area contributed by atoms with Crippen molar-refractivity contribution in [2.24, 2.45) is 4.99 Å². The molecule has 0 spiro atoms. The second kappa shape index (κ2) is 13.6. The van der Waals surface area contributed by atoms with Crippen molar-refractivity contribution in [2.45, 2.75) is 39.9 Å². The predicted octanol–water partition coefficient (Wildman–Crippen LogP) is 2.05. The van der Waals surface area contributed by atoms with Crippen molar-refractivity contribution < 1.29 is 4.74 Å². The van der Waals surface area contributed by atoms with E-state index in [2.05, 4.69) is 68.4 Å². The number of nitrogens with one attached hydrogen (secondary N) is 2. The largest absolute Gasteiger partial charge is 0.379 e. The molecule has 0 amide bonds. The van der Waals surface area contributed by atoms with Crippen molar-refractivity contribution in [1.82, 2.24) is 30.3 Å². The van der Waals surface area contributed by atoms with E-state index in [1.807, 2.05) is 0 Å². The molecule has 1 aliphatic heterocycles. The average molecular weight is 527 g/mol. The fraction of sp³-hybridized carbons (Fsp3) is 0.571. The molecule has 8 nitrogen and oxygen atoms in total. The zero-order valence-electron chi connectivity index (χ0n) is 18.0. The van der Waals surface area contributed by atoms with Gasteiger partial charge in [-0.15, -0.1) is 34.2 Å². The Labute approximate surface area is 196 Å². The summed E-state index contributed by atoms with van der Waals surface area (Å²) < 4.78 is 7.54. The normalized spacial score (nSPS) is 14.9. The fourth-order valence-electron chi connectivity index (χ4n) is 3.41. The molecule has 2 aromatic rings.